The van der Waals surface area contributed by atoms with Gasteiger partial charge in [0.25, 0.3) is 0 Å². The molecule has 100 valence electrons. The van der Waals surface area contributed by atoms with Crippen LogP contribution in [0.3, 0.4) is 0 Å². The molecule has 1 saturated heterocycles. The fourth-order valence-electron chi connectivity index (χ4n) is 2.57. The standard InChI is InChI=1S/C15H25N3/c1-4-13-8-9-18(11-13)15-7-6-14(10-16-5-2)12(3)17-15/h6-7,13,16H,4-5,8-11H2,1-3H3. The Morgan fingerprint density at radius 3 is 2.83 bits per heavy atom. The Bertz CT molecular complexity index is 389. The molecule has 0 saturated carbocycles. The van der Waals surface area contributed by atoms with Gasteiger partial charge in [-0.15, -0.1) is 0 Å². The third-order valence-corrected chi connectivity index (χ3v) is 3.93. The zero-order chi connectivity index (χ0) is 13.0. The molecule has 1 aliphatic heterocycles. The van der Waals surface area contributed by atoms with E-state index >= 15 is 0 Å². The van der Waals surface area contributed by atoms with Crippen LogP contribution in [-0.2, 0) is 6.54 Å². The van der Waals surface area contributed by atoms with Crippen molar-refractivity contribution in [2.24, 2.45) is 5.92 Å². The molecule has 2 heterocycles. The third-order valence-electron chi connectivity index (χ3n) is 3.93. The number of nitrogens with one attached hydrogen (secondary N) is 1. The molecule has 1 aromatic rings. The predicted octanol–water partition coefficient (Wildman–Crippen LogP) is 2.74. The first-order chi connectivity index (χ1) is 8.74. The number of rotatable bonds is 5. The van der Waals surface area contributed by atoms with E-state index in [-0.39, 0.29) is 0 Å². The third kappa shape index (κ3) is 3.02. The largest absolute Gasteiger partial charge is 0.356 e. The predicted molar refractivity (Wildman–Crippen MR) is 77.0 cm³/mol. The van der Waals surface area contributed by atoms with Crippen molar-refractivity contribution in [3.05, 3.63) is 23.4 Å². The molecule has 18 heavy (non-hydrogen) atoms. The second-order valence-electron chi connectivity index (χ2n) is 5.20. The van der Waals surface area contributed by atoms with E-state index in [0.29, 0.717) is 0 Å². The molecule has 0 radical (unpaired) electrons. The summed E-state index contributed by atoms with van der Waals surface area (Å²) in [5, 5.41) is 3.36. The molecule has 0 bridgehead atoms. The van der Waals surface area contributed by atoms with Gasteiger partial charge in [-0.3, -0.25) is 0 Å². The average molecular weight is 247 g/mol. The normalized spacial score (nSPS) is 19.5. The molecular weight excluding hydrogens is 222 g/mol. The number of aryl methyl sites for hydroxylation is 1. The summed E-state index contributed by atoms with van der Waals surface area (Å²) in [6.45, 7) is 10.8. The first-order valence-electron chi connectivity index (χ1n) is 7.16. The first kappa shape index (κ1) is 13.3. The smallest absolute Gasteiger partial charge is 0.128 e. The van der Waals surface area contributed by atoms with Gasteiger partial charge in [0.1, 0.15) is 5.82 Å². The minimum atomic E-state index is 0.855. The minimum absolute atomic E-state index is 0.855. The van der Waals surface area contributed by atoms with E-state index in [0.717, 1.165) is 37.1 Å². The van der Waals surface area contributed by atoms with Crippen molar-refractivity contribution in [2.45, 2.75) is 40.2 Å². The van der Waals surface area contributed by atoms with E-state index in [1.54, 1.807) is 0 Å². The SMILES string of the molecule is CCNCc1ccc(N2CCC(CC)C2)nc1C. The molecular formula is C15H25N3. The molecule has 1 atom stereocenters. The fourth-order valence-corrected chi connectivity index (χ4v) is 2.57. The zero-order valence-corrected chi connectivity index (χ0v) is 11.9. The van der Waals surface area contributed by atoms with Gasteiger partial charge in [0, 0.05) is 25.3 Å². The molecule has 1 fully saturated rings. The Morgan fingerprint density at radius 2 is 2.22 bits per heavy atom. The molecule has 1 N–H and O–H groups in total. The van der Waals surface area contributed by atoms with Gasteiger partial charge < -0.3 is 10.2 Å². The van der Waals surface area contributed by atoms with E-state index in [2.05, 4.69) is 43.1 Å². The van der Waals surface area contributed by atoms with Gasteiger partial charge in [-0.05, 0) is 37.4 Å². The Labute approximate surface area is 111 Å². The molecule has 1 aliphatic rings. The number of aromatic nitrogens is 1. The molecule has 0 aromatic carbocycles. The van der Waals surface area contributed by atoms with Crippen molar-refractivity contribution in [1.82, 2.24) is 10.3 Å². The Morgan fingerprint density at radius 1 is 1.39 bits per heavy atom. The molecule has 3 nitrogen and oxygen atoms in total. The monoisotopic (exact) mass is 247 g/mol. The molecule has 1 unspecified atom stereocenters. The van der Waals surface area contributed by atoms with E-state index in [9.17, 15) is 0 Å². The van der Waals surface area contributed by atoms with Crippen LogP contribution in [0.2, 0.25) is 0 Å². The summed E-state index contributed by atoms with van der Waals surface area (Å²) < 4.78 is 0. The minimum Gasteiger partial charge on any atom is -0.356 e. The highest BCUT2D eigenvalue weighted by molar-refractivity contribution is 5.42. The lowest BCUT2D eigenvalue weighted by Gasteiger charge is -2.18. The van der Waals surface area contributed by atoms with Crippen LogP contribution in [0, 0.1) is 12.8 Å². The van der Waals surface area contributed by atoms with Crippen molar-refractivity contribution in [3.8, 4) is 0 Å². The van der Waals surface area contributed by atoms with Gasteiger partial charge in [-0.1, -0.05) is 26.3 Å². The highest BCUT2D eigenvalue weighted by Gasteiger charge is 2.22. The molecule has 2 rings (SSSR count). The molecule has 3 heteroatoms. The van der Waals surface area contributed by atoms with Gasteiger partial charge >= 0.3 is 0 Å². The number of anilines is 1. The first-order valence-corrected chi connectivity index (χ1v) is 7.16. The summed E-state index contributed by atoms with van der Waals surface area (Å²) in [7, 11) is 0. The Balaban J connectivity index is 2.04. The summed E-state index contributed by atoms with van der Waals surface area (Å²) in [5.74, 6) is 2.01. The summed E-state index contributed by atoms with van der Waals surface area (Å²) in [6, 6.07) is 4.40. The lowest BCUT2D eigenvalue weighted by molar-refractivity contribution is 0.568. The van der Waals surface area contributed by atoms with Crippen LogP contribution < -0.4 is 10.2 Å². The molecule has 0 aliphatic carbocycles. The van der Waals surface area contributed by atoms with Crippen molar-refractivity contribution in [2.75, 3.05) is 24.5 Å². The van der Waals surface area contributed by atoms with Crippen molar-refractivity contribution in [3.63, 3.8) is 0 Å². The highest BCUT2D eigenvalue weighted by Crippen LogP contribution is 2.24. The Hall–Kier alpha value is -1.09. The second kappa shape index (κ2) is 6.19. The lowest BCUT2D eigenvalue weighted by atomic mass is 10.1. The fraction of sp³-hybridized carbons (Fsp3) is 0.667. The number of hydrogen-bond acceptors (Lipinski definition) is 3. The molecule has 1 aromatic heterocycles. The van der Waals surface area contributed by atoms with Gasteiger partial charge in [-0.2, -0.15) is 0 Å². The van der Waals surface area contributed by atoms with Gasteiger partial charge in [-0.25, -0.2) is 4.98 Å². The van der Waals surface area contributed by atoms with E-state index < -0.39 is 0 Å². The average Bonchev–Trinajstić information content (AvgIpc) is 2.86. The van der Waals surface area contributed by atoms with Crippen LogP contribution in [0.15, 0.2) is 12.1 Å². The topological polar surface area (TPSA) is 28.2 Å². The lowest BCUT2D eigenvalue weighted by Crippen LogP contribution is -2.21. The number of hydrogen-bond donors (Lipinski definition) is 1. The molecule has 0 spiro atoms. The van der Waals surface area contributed by atoms with Crippen LogP contribution in [0.25, 0.3) is 0 Å². The van der Waals surface area contributed by atoms with Crippen LogP contribution in [0.4, 0.5) is 5.82 Å². The van der Waals surface area contributed by atoms with Gasteiger partial charge in [0.15, 0.2) is 0 Å². The van der Waals surface area contributed by atoms with Crippen LogP contribution in [0.5, 0.6) is 0 Å². The zero-order valence-electron chi connectivity index (χ0n) is 11.9. The Kier molecular flexibility index (Phi) is 4.59. The molecule has 0 amide bonds. The number of nitrogens with zero attached hydrogens (tertiary/aromatic N) is 2. The van der Waals surface area contributed by atoms with Crippen molar-refractivity contribution < 1.29 is 0 Å². The van der Waals surface area contributed by atoms with E-state index in [1.165, 1.54) is 24.9 Å². The van der Waals surface area contributed by atoms with Crippen LogP contribution in [-0.4, -0.2) is 24.6 Å². The maximum Gasteiger partial charge on any atom is 0.128 e. The van der Waals surface area contributed by atoms with Crippen molar-refractivity contribution in [1.29, 1.82) is 0 Å². The van der Waals surface area contributed by atoms with Crippen LogP contribution >= 0.6 is 0 Å². The maximum atomic E-state index is 4.76. The maximum absolute atomic E-state index is 4.76. The highest BCUT2D eigenvalue weighted by atomic mass is 15.2. The van der Waals surface area contributed by atoms with Gasteiger partial charge in [0.2, 0.25) is 0 Å². The van der Waals surface area contributed by atoms with Crippen LogP contribution in [0.1, 0.15) is 37.9 Å². The van der Waals surface area contributed by atoms with Gasteiger partial charge in [0.05, 0.1) is 0 Å². The summed E-state index contributed by atoms with van der Waals surface area (Å²) in [5.41, 5.74) is 2.47. The number of pyridine rings is 1. The summed E-state index contributed by atoms with van der Waals surface area (Å²) >= 11 is 0. The summed E-state index contributed by atoms with van der Waals surface area (Å²) in [6.07, 6.45) is 2.60. The second-order valence-corrected chi connectivity index (χ2v) is 5.20. The summed E-state index contributed by atoms with van der Waals surface area (Å²) in [4.78, 5) is 7.19. The van der Waals surface area contributed by atoms with Crippen molar-refractivity contribution >= 4 is 5.82 Å². The van der Waals surface area contributed by atoms with E-state index in [4.69, 9.17) is 4.98 Å². The van der Waals surface area contributed by atoms with E-state index in [1.807, 2.05) is 0 Å². The quantitative estimate of drug-likeness (QED) is 0.867.